The smallest absolute Gasteiger partial charge is 0.0933 e. The van der Waals surface area contributed by atoms with Crippen molar-refractivity contribution in [1.82, 2.24) is 10.3 Å². The van der Waals surface area contributed by atoms with Gasteiger partial charge in [-0.2, -0.15) is 0 Å². The number of thiazole rings is 1. The molecular formula is C11H18N2O2S. The van der Waals surface area contributed by atoms with Crippen molar-refractivity contribution in [1.29, 1.82) is 0 Å². The third-order valence-corrected chi connectivity index (χ3v) is 3.41. The molecule has 16 heavy (non-hydrogen) atoms. The van der Waals surface area contributed by atoms with E-state index in [1.807, 2.05) is 6.92 Å². The van der Waals surface area contributed by atoms with Gasteiger partial charge in [0.25, 0.3) is 0 Å². The third-order valence-electron chi connectivity index (χ3n) is 2.62. The minimum absolute atomic E-state index is 0.177. The van der Waals surface area contributed by atoms with Gasteiger partial charge < -0.3 is 14.8 Å². The van der Waals surface area contributed by atoms with Crippen LogP contribution in [0.2, 0.25) is 0 Å². The lowest BCUT2D eigenvalue weighted by molar-refractivity contribution is -0.0870. The Bertz CT molecular complexity index is 324. The summed E-state index contributed by atoms with van der Waals surface area (Å²) < 4.78 is 10.9. The summed E-state index contributed by atoms with van der Waals surface area (Å²) in [4.78, 5) is 4.46. The number of hydrogen-bond acceptors (Lipinski definition) is 5. The van der Waals surface area contributed by atoms with Crippen LogP contribution in [0.3, 0.4) is 0 Å². The molecule has 1 aliphatic rings. The van der Waals surface area contributed by atoms with Crippen LogP contribution in [0.1, 0.15) is 23.7 Å². The number of ether oxygens (including phenoxy) is 2. The molecule has 5 heteroatoms. The van der Waals surface area contributed by atoms with Crippen molar-refractivity contribution < 1.29 is 9.47 Å². The van der Waals surface area contributed by atoms with E-state index in [1.54, 1.807) is 11.3 Å². The molecule has 2 unspecified atom stereocenters. The molecule has 0 saturated carbocycles. The molecule has 1 N–H and O–H groups in total. The van der Waals surface area contributed by atoms with Crippen molar-refractivity contribution in [3.63, 3.8) is 0 Å². The molecule has 0 aromatic carbocycles. The molecule has 1 aromatic rings. The molecule has 4 nitrogen and oxygen atoms in total. The molecule has 2 rings (SSSR count). The first-order valence-corrected chi connectivity index (χ1v) is 6.48. The Hall–Kier alpha value is -0.490. The predicted octanol–water partition coefficient (Wildman–Crippen LogP) is 1.52. The van der Waals surface area contributed by atoms with Crippen molar-refractivity contribution >= 4 is 11.3 Å². The standard InChI is InChI=1S/C11H18N2O2S/c1-8(11-7-16-9(2)13-11)12-5-10-6-14-3-4-15-10/h7-8,10,12H,3-6H2,1-2H3. The number of rotatable bonds is 4. The summed E-state index contributed by atoms with van der Waals surface area (Å²) in [6.45, 7) is 7.08. The van der Waals surface area contributed by atoms with E-state index in [9.17, 15) is 0 Å². The SMILES string of the molecule is Cc1nc(C(C)NCC2COCCO2)cs1. The average Bonchev–Trinajstić information content (AvgIpc) is 2.74. The quantitative estimate of drug-likeness (QED) is 0.869. The Labute approximate surface area is 100.0 Å². The summed E-state index contributed by atoms with van der Waals surface area (Å²) in [5.41, 5.74) is 1.11. The Morgan fingerprint density at radius 1 is 1.62 bits per heavy atom. The van der Waals surface area contributed by atoms with Gasteiger partial charge in [0.2, 0.25) is 0 Å². The minimum Gasteiger partial charge on any atom is -0.376 e. The summed E-state index contributed by atoms with van der Waals surface area (Å²) in [6, 6.07) is 0.274. The van der Waals surface area contributed by atoms with Crippen molar-refractivity contribution in [2.45, 2.75) is 26.0 Å². The highest BCUT2D eigenvalue weighted by Crippen LogP contribution is 2.15. The van der Waals surface area contributed by atoms with Gasteiger partial charge in [0.05, 0.1) is 36.6 Å². The summed E-state index contributed by atoms with van der Waals surface area (Å²) in [6.07, 6.45) is 0.177. The van der Waals surface area contributed by atoms with Crippen LogP contribution >= 0.6 is 11.3 Å². The second-order valence-electron chi connectivity index (χ2n) is 3.99. The fraction of sp³-hybridized carbons (Fsp3) is 0.727. The molecule has 0 spiro atoms. The average molecular weight is 242 g/mol. The van der Waals surface area contributed by atoms with Crippen molar-refractivity contribution in [2.75, 3.05) is 26.4 Å². The zero-order valence-electron chi connectivity index (χ0n) is 9.73. The first-order chi connectivity index (χ1) is 7.75. The second-order valence-corrected chi connectivity index (χ2v) is 5.05. The summed E-state index contributed by atoms with van der Waals surface area (Å²) in [5.74, 6) is 0. The number of nitrogens with zero attached hydrogens (tertiary/aromatic N) is 1. The molecule has 2 heterocycles. The molecule has 1 aliphatic heterocycles. The van der Waals surface area contributed by atoms with Gasteiger partial charge >= 0.3 is 0 Å². The van der Waals surface area contributed by atoms with E-state index in [-0.39, 0.29) is 12.1 Å². The number of nitrogens with one attached hydrogen (secondary N) is 1. The fourth-order valence-electron chi connectivity index (χ4n) is 1.65. The van der Waals surface area contributed by atoms with Crippen LogP contribution < -0.4 is 5.32 Å². The molecule has 0 aliphatic carbocycles. The maximum Gasteiger partial charge on any atom is 0.0933 e. The fourth-order valence-corrected chi connectivity index (χ4v) is 2.35. The van der Waals surface area contributed by atoms with Crippen LogP contribution in [0.15, 0.2) is 5.38 Å². The van der Waals surface area contributed by atoms with E-state index in [0.29, 0.717) is 13.2 Å². The van der Waals surface area contributed by atoms with Crippen LogP contribution in [-0.2, 0) is 9.47 Å². The van der Waals surface area contributed by atoms with Gasteiger partial charge in [-0.05, 0) is 13.8 Å². The van der Waals surface area contributed by atoms with E-state index in [0.717, 1.165) is 23.9 Å². The van der Waals surface area contributed by atoms with E-state index >= 15 is 0 Å². The zero-order chi connectivity index (χ0) is 11.4. The highest BCUT2D eigenvalue weighted by atomic mass is 32.1. The van der Waals surface area contributed by atoms with Gasteiger partial charge in [-0.25, -0.2) is 4.98 Å². The normalized spacial score (nSPS) is 23.2. The predicted molar refractivity (Wildman–Crippen MR) is 63.8 cm³/mol. The highest BCUT2D eigenvalue weighted by molar-refractivity contribution is 7.09. The van der Waals surface area contributed by atoms with Gasteiger partial charge in [-0.3, -0.25) is 0 Å². The second kappa shape index (κ2) is 5.72. The largest absolute Gasteiger partial charge is 0.376 e. The maximum absolute atomic E-state index is 5.56. The lowest BCUT2D eigenvalue weighted by Crippen LogP contribution is -2.38. The van der Waals surface area contributed by atoms with Gasteiger partial charge in [0.1, 0.15) is 0 Å². The number of hydrogen-bond donors (Lipinski definition) is 1. The van der Waals surface area contributed by atoms with Crippen LogP contribution in [0, 0.1) is 6.92 Å². The zero-order valence-corrected chi connectivity index (χ0v) is 10.5. The molecule has 0 bridgehead atoms. The summed E-state index contributed by atoms with van der Waals surface area (Å²) in [7, 11) is 0. The molecule has 0 radical (unpaired) electrons. The number of aromatic nitrogens is 1. The third kappa shape index (κ3) is 3.25. The molecule has 1 fully saturated rings. The van der Waals surface area contributed by atoms with E-state index in [4.69, 9.17) is 9.47 Å². The van der Waals surface area contributed by atoms with Gasteiger partial charge in [0, 0.05) is 18.0 Å². The topological polar surface area (TPSA) is 43.4 Å². The van der Waals surface area contributed by atoms with E-state index in [1.165, 1.54) is 0 Å². The molecular weight excluding hydrogens is 224 g/mol. The Morgan fingerprint density at radius 3 is 3.12 bits per heavy atom. The monoisotopic (exact) mass is 242 g/mol. The lowest BCUT2D eigenvalue weighted by Gasteiger charge is -2.24. The molecule has 1 saturated heterocycles. The van der Waals surface area contributed by atoms with Gasteiger partial charge in [0.15, 0.2) is 0 Å². The summed E-state index contributed by atoms with van der Waals surface area (Å²) in [5, 5.41) is 6.64. The maximum atomic E-state index is 5.56. The molecule has 0 amide bonds. The first kappa shape index (κ1) is 12.0. The Balaban J connectivity index is 1.76. The number of aryl methyl sites for hydroxylation is 1. The first-order valence-electron chi connectivity index (χ1n) is 5.60. The van der Waals surface area contributed by atoms with Crippen LogP contribution in [0.25, 0.3) is 0 Å². The Kier molecular flexibility index (Phi) is 4.29. The van der Waals surface area contributed by atoms with Crippen molar-refractivity contribution in [3.8, 4) is 0 Å². The van der Waals surface area contributed by atoms with Crippen LogP contribution in [-0.4, -0.2) is 37.5 Å². The van der Waals surface area contributed by atoms with Crippen LogP contribution in [0.4, 0.5) is 0 Å². The molecule has 90 valence electrons. The van der Waals surface area contributed by atoms with E-state index < -0.39 is 0 Å². The molecule has 2 atom stereocenters. The van der Waals surface area contributed by atoms with Crippen LogP contribution in [0.5, 0.6) is 0 Å². The van der Waals surface area contributed by atoms with Gasteiger partial charge in [-0.15, -0.1) is 11.3 Å². The van der Waals surface area contributed by atoms with Gasteiger partial charge in [-0.1, -0.05) is 0 Å². The van der Waals surface area contributed by atoms with Crippen molar-refractivity contribution in [3.05, 3.63) is 16.1 Å². The van der Waals surface area contributed by atoms with E-state index in [2.05, 4.69) is 22.6 Å². The highest BCUT2D eigenvalue weighted by Gasteiger charge is 2.16. The Morgan fingerprint density at radius 2 is 2.50 bits per heavy atom. The minimum atomic E-state index is 0.177. The summed E-state index contributed by atoms with van der Waals surface area (Å²) >= 11 is 1.69. The lowest BCUT2D eigenvalue weighted by atomic mass is 10.2. The van der Waals surface area contributed by atoms with Crippen molar-refractivity contribution in [2.24, 2.45) is 0 Å². The molecule has 1 aromatic heterocycles.